The molecule has 0 spiro atoms. The van der Waals surface area contributed by atoms with E-state index in [0.717, 1.165) is 6.21 Å². The topological polar surface area (TPSA) is 49.6 Å². The minimum atomic E-state index is 0.194. The van der Waals surface area contributed by atoms with Crippen LogP contribution in [0.4, 0.5) is 0 Å². The van der Waals surface area contributed by atoms with Gasteiger partial charge in [-0.05, 0) is 6.07 Å². The molecular weight excluding hydrogens is 206 g/mol. The standard InChI is InChI=1S/C5H5N3.C4H10S.C2H6/c6-4-5-7-2-1-3-8-5;1-4(2,3)5;1-2/h1-4,6H;5H,1-3H3;1-2H3. The third kappa shape index (κ3) is 19.5. The van der Waals surface area contributed by atoms with Crippen molar-refractivity contribution in [2.45, 2.75) is 39.4 Å². The van der Waals surface area contributed by atoms with Crippen LogP contribution in [0.25, 0.3) is 0 Å². The molecule has 4 heteroatoms. The predicted molar refractivity (Wildman–Crippen MR) is 70.0 cm³/mol. The molecular formula is C11H21N3S. The summed E-state index contributed by atoms with van der Waals surface area (Å²) in [4.78, 5) is 7.49. The maximum absolute atomic E-state index is 6.69. The van der Waals surface area contributed by atoms with Crippen molar-refractivity contribution in [1.82, 2.24) is 9.97 Å². The van der Waals surface area contributed by atoms with Crippen molar-refractivity contribution >= 4 is 18.8 Å². The van der Waals surface area contributed by atoms with Crippen LogP contribution in [0.5, 0.6) is 0 Å². The van der Waals surface area contributed by atoms with Gasteiger partial charge in [-0.3, -0.25) is 0 Å². The van der Waals surface area contributed by atoms with Gasteiger partial charge in [-0.15, -0.1) is 0 Å². The number of nitrogens with zero attached hydrogens (tertiary/aromatic N) is 2. The molecule has 0 atom stereocenters. The van der Waals surface area contributed by atoms with Crippen molar-refractivity contribution in [3.63, 3.8) is 0 Å². The summed E-state index contributed by atoms with van der Waals surface area (Å²) in [6, 6.07) is 1.72. The van der Waals surface area contributed by atoms with Gasteiger partial charge in [-0.2, -0.15) is 12.6 Å². The van der Waals surface area contributed by atoms with Crippen LogP contribution in [0.1, 0.15) is 40.4 Å². The fourth-order valence-corrected chi connectivity index (χ4v) is 0.385. The Morgan fingerprint density at radius 1 is 1.20 bits per heavy atom. The molecule has 0 bridgehead atoms. The molecule has 0 aromatic carbocycles. The zero-order valence-electron chi connectivity index (χ0n) is 10.2. The van der Waals surface area contributed by atoms with Crippen molar-refractivity contribution in [3.8, 4) is 0 Å². The molecule has 0 aliphatic rings. The molecule has 3 nitrogen and oxygen atoms in total. The summed E-state index contributed by atoms with van der Waals surface area (Å²) in [5.74, 6) is 0.451. The second kappa shape index (κ2) is 9.65. The van der Waals surface area contributed by atoms with E-state index >= 15 is 0 Å². The molecule has 1 rings (SSSR count). The SMILES string of the molecule is CC.CC(C)(C)S.N=Cc1ncccn1. The molecule has 86 valence electrons. The van der Waals surface area contributed by atoms with Crippen LogP contribution in [0.15, 0.2) is 18.5 Å². The van der Waals surface area contributed by atoms with Gasteiger partial charge in [0, 0.05) is 17.1 Å². The Labute approximate surface area is 98.3 Å². The maximum atomic E-state index is 6.69. The van der Waals surface area contributed by atoms with Crippen LogP contribution < -0.4 is 0 Å². The van der Waals surface area contributed by atoms with Crippen LogP contribution in [0.3, 0.4) is 0 Å². The number of thiol groups is 1. The zero-order valence-corrected chi connectivity index (χ0v) is 11.0. The summed E-state index contributed by atoms with van der Waals surface area (Å²) >= 11 is 4.12. The van der Waals surface area contributed by atoms with Gasteiger partial charge in [0.25, 0.3) is 0 Å². The van der Waals surface area contributed by atoms with Crippen LogP contribution >= 0.6 is 12.6 Å². The maximum Gasteiger partial charge on any atom is 0.169 e. The third-order valence-electron chi connectivity index (χ3n) is 0.715. The van der Waals surface area contributed by atoms with Gasteiger partial charge in [0.15, 0.2) is 5.82 Å². The lowest BCUT2D eigenvalue weighted by Gasteiger charge is -2.04. The van der Waals surface area contributed by atoms with Crippen molar-refractivity contribution in [2.24, 2.45) is 0 Å². The Kier molecular flexibility index (Phi) is 10.6. The second-order valence-corrected chi connectivity index (χ2v) is 4.76. The Balaban J connectivity index is 0. The van der Waals surface area contributed by atoms with E-state index in [1.54, 1.807) is 18.5 Å². The van der Waals surface area contributed by atoms with Gasteiger partial charge in [0.1, 0.15) is 0 Å². The van der Waals surface area contributed by atoms with Gasteiger partial charge < -0.3 is 5.41 Å². The van der Waals surface area contributed by atoms with Crippen LogP contribution in [0.2, 0.25) is 0 Å². The molecule has 1 aromatic rings. The molecule has 1 N–H and O–H groups in total. The summed E-state index contributed by atoms with van der Waals surface area (Å²) < 4.78 is 0.194. The van der Waals surface area contributed by atoms with Gasteiger partial charge in [-0.1, -0.05) is 34.6 Å². The molecule has 0 saturated carbocycles. The van der Waals surface area contributed by atoms with E-state index in [0.29, 0.717) is 5.82 Å². The number of nitrogens with one attached hydrogen (secondary N) is 1. The first-order valence-electron chi connectivity index (χ1n) is 4.93. The number of hydrogen-bond donors (Lipinski definition) is 2. The van der Waals surface area contributed by atoms with Crippen molar-refractivity contribution in [1.29, 1.82) is 5.41 Å². The summed E-state index contributed by atoms with van der Waals surface area (Å²) in [6.07, 6.45) is 4.32. The van der Waals surface area contributed by atoms with E-state index in [9.17, 15) is 0 Å². The first kappa shape index (κ1) is 16.5. The van der Waals surface area contributed by atoms with Gasteiger partial charge in [0.05, 0.1) is 6.21 Å². The minimum Gasteiger partial charge on any atom is -0.305 e. The number of aromatic nitrogens is 2. The van der Waals surface area contributed by atoms with E-state index in [4.69, 9.17) is 5.41 Å². The molecule has 0 aliphatic carbocycles. The lowest BCUT2D eigenvalue weighted by molar-refractivity contribution is 0.812. The number of hydrogen-bond acceptors (Lipinski definition) is 4. The highest BCUT2D eigenvalue weighted by atomic mass is 32.1. The molecule has 15 heavy (non-hydrogen) atoms. The van der Waals surface area contributed by atoms with E-state index in [1.165, 1.54) is 0 Å². The molecule has 1 aromatic heterocycles. The van der Waals surface area contributed by atoms with E-state index < -0.39 is 0 Å². The van der Waals surface area contributed by atoms with Crippen LogP contribution in [-0.2, 0) is 0 Å². The Bertz CT molecular complexity index is 236. The normalized spacial score (nSPS) is 8.93. The molecule has 1 heterocycles. The van der Waals surface area contributed by atoms with E-state index in [-0.39, 0.29) is 4.75 Å². The Morgan fingerprint density at radius 3 is 1.73 bits per heavy atom. The smallest absolute Gasteiger partial charge is 0.169 e. The molecule has 0 aliphatic heterocycles. The van der Waals surface area contributed by atoms with E-state index in [1.807, 2.05) is 13.8 Å². The largest absolute Gasteiger partial charge is 0.305 e. The fraction of sp³-hybridized carbons (Fsp3) is 0.545. The molecule has 0 fully saturated rings. The minimum absolute atomic E-state index is 0.194. The van der Waals surface area contributed by atoms with Gasteiger partial charge >= 0.3 is 0 Å². The summed E-state index contributed by atoms with van der Waals surface area (Å²) in [5.41, 5.74) is 0. The highest BCUT2D eigenvalue weighted by Gasteiger charge is 1.96. The van der Waals surface area contributed by atoms with Crippen LogP contribution in [-0.4, -0.2) is 20.9 Å². The van der Waals surface area contributed by atoms with Gasteiger partial charge in [0.2, 0.25) is 0 Å². The van der Waals surface area contributed by atoms with Crippen molar-refractivity contribution in [3.05, 3.63) is 24.3 Å². The van der Waals surface area contributed by atoms with E-state index in [2.05, 4.69) is 43.4 Å². The third-order valence-corrected chi connectivity index (χ3v) is 0.715. The monoisotopic (exact) mass is 227 g/mol. The summed E-state index contributed by atoms with van der Waals surface area (Å²) in [7, 11) is 0. The van der Waals surface area contributed by atoms with Crippen molar-refractivity contribution < 1.29 is 0 Å². The lowest BCUT2D eigenvalue weighted by atomic mass is 10.3. The Morgan fingerprint density at radius 2 is 1.53 bits per heavy atom. The average Bonchev–Trinajstić information content (AvgIpc) is 2.20. The summed E-state index contributed by atoms with van der Waals surface area (Å²) in [6.45, 7) is 10.2. The molecule has 0 radical (unpaired) electrons. The molecule has 0 amide bonds. The first-order valence-corrected chi connectivity index (χ1v) is 5.38. The quantitative estimate of drug-likeness (QED) is 0.571. The molecule has 0 saturated heterocycles. The highest BCUT2D eigenvalue weighted by molar-refractivity contribution is 7.81. The Hall–Kier alpha value is -0.900. The lowest BCUT2D eigenvalue weighted by Crippen LogP contribution is -1.99. The highest BCUT2D eigenvalue weighted by Crippen LogP contribution is 2.07. The zero-order chi connectivity index (χ0) is 12.3. The first-order chi connectivity index (χ1) is 6.93. The predicted octanol–water partition coefficient (Wildman–Crippen LogP) is 3.22. The number of rotatable bonds is 1. The fourth-order valence-electron chi connectivity index (χ4n) is 0.385. The summed E-state index contributed by atoms with van der Waals surface area (Å²) in [5, 5.41) is 6.69. The van der Waals surface area contributed by atoms with Crippen LogP contribution in [0, 0.1) is 5.41 Å². The average molecular weight is 227 g/mol. The second-order valence-electron chi connectivity index (χ2n) is 3.42. The van der Waals surface area contributed by atoms with Crippen molar-refractivity contribution in [2.75, 3.05) is 0 Å². The molecule has 0 unspecified atom stereocenters. The van der Waals surface area contributed by atoms with Gasteiger partial charge in [-0.25, -0.2) is 9.97 Å².